The van der Waals surface area contributed by atoms with Gasteiger partial charge in [-0.15, -0.1) is 0 Å². The second-order valence-corrected chi connectivity index (χ2v) is 8.29. The molecule has 1 N–H and O–H groups in total. The number of carbonyl (C=O) groups is 1. The SMILES string of the molecule is CCOc1cc(F)ccc1C(=O)NCc1nc(-c2ccc(OC(F)F)c(OCC3CC3)c2)oc1CC. The lowest BCUT2D eigenvalue weighted by atomic mass is 10.1. The van der Waals surface area contributed by atoms with Crippen LogP contribution in [0.1, 0.15) is 48.5 Å². The number of oxazole rings is 1. The van der Waals surface area contributed by atoms with Crippen LogP contribution in [0, 0.1) is 11.7 Å². The largest absolute Gasteiger partial charge is 0.493 e. The molecule has 192 valence electrons. The van der Waals surface area contributed by atoms with E-state index in [4.69, 9.17) is 13.9 Å². The van der Waals surface area contributed by atoms with E-state index < -0.39 is 18.3 Å². The number of alkyl halides is 2. The summed E-state index contributed by atoms with van der Waals surface area (Å²) in [6, 6.07) is 8.21. The van der Waals surface area contributed by atoms with Crippen LogP contribution in [-0.4, -0.2) is 30.7 Å². The molecule has 36 heavy (non-hydrogen) atoms. The molecular formula is C26H27F3N2O5. The second kappa shape index (κ2) is 11.4. The third-order valence-corrected chi connectivity index (χ3v) is 5.58. The Hall–Kier alpha value is -3.69. The number of amides is 1. The van der Waals surface area contributed by atoms with E-state index in [1.165, 1.54) is 18.2 Å². The summed E-state index contributed by atoms with van der Waals surface area (Å²) in [4.78, 5) is 17.3. The smallest absolute Gasteiger partial charge is 0.387 e. The van der Waals surface area contributed by atoms with E-state index in [1.54, 1.807) is 19.1 Å². The van der Waals surface area contributed by atoms with Crippen LogP contribution >= 0.6 is 0 Å². The van der Waals surface area contributed by atoms with E-state index >= 15 is 0 Å². The van der Waals surface area contributed by atoms with E-state index in [0.29, 0.717) is 36.0 Å². The van der Waals surface area contributed by atoms with Crippen molar-refractivity contribution in [3.05, 3.63) is 59.2 Å². The first-order valence-corrected chi connectivity index (χ1v) is 11.8. The second-order valence-electron chi connectivity index (χ2n) is 8.29. The Morgan fingerprint density at radius 1 is 1.11 bits per heavy atom. The Balaban J connectivity index is 1.52. The molecule has 7 nitrogen and oxygen atoms in total. The van der Waals surface area contributed by atoms with Crippen molar-refractivity contribution in [2.45, 2.75) is 46.3 Å². The highest BCUT2D eigenvalue weighted by molar-refractivity contribution is 5.96. The molecule has 10 heteroatoms. The highest BCUT2D eigenvalue weighted by Crippen LogP contribution is 2.36. The third-order valence-electron chi connectivity index (χ3n) is 5.58. The summed E-state index contributed by atoms with van der Waals surface area (Å²) in [7, 11) is 0. The number of carbonyl (C=O) groups excluding carboxylic acids is 1. The fourth-order valence-electron chi connectivity index (χ4n) is 3.58. The van der Waals surface area contributed by atoms with Gasteiger partial charge in [-0.25, -0.2) is 9.37 Å². The number of rotatable bonds is 12. The molecule has 0 radical (unpaired) electrons. The molecular weight excluding hydrogens is 477 g/mol. The molecule has 1 fully saturated rings. The van der Waals surface area contributed by atoms with Gasteiger partial charge in [-0.1, -0.05) is 6.92 Å². The zero-order chi connectivity index (χ0) is 25.7. The van der Waals surface area contributed by atoms with Gasteiger partial charge in [0.1, 0.15) is 23.0 Å². The van der Waals surface area contributed by atoms with Gasteiger partial charge in [-0.3, -0.25) is 4.79 Å². The molecule has 2 aromatic carbocycles. The van der Waals surface area contributed by atoms with E-state index in [-0.39, 0.29) is 41.9 Å². The van der Waals surface area contributed by atoms with Crippen LogP contribution in [0.4, 0.5) is 13.2 Å². The topological polar surface area (TPSA) is 82.8 Å². The number of aromatic nitrogens is 1. The monoisotopic (exact) mass is 504 g/mol. The Morgan fingerprint density at radius 3 is 2.61 bits per heavy atom. The van der Waals surface area contributed by atoms with Gasteiger partial charge in [0, 0.05) is 18.1 Å². The predicted octanol–water partition coefficient (Wildman–Crippen LogP) is 5.76. The summed E-state index contributed by atoms with van der Waals surface area (Å²) in [5, 5.41) is 2.76. The molecule has 0 spiro atoms. The van der Waals surface area contributed by atoms with E-state index in [1.807, 2.05) is 6.92 Å². The minimum Gasteiger partial charge on any atom is -0.493 e. The molecule has 0 aliphatic heterocycles. The Bertz CT molecular complexity index is 1210. The van der Waals surface area contributed by atoms with Crippen molar-refractivity contribution in [1.82, 2.24) is 10.3 Å². The van der Waals surface area contributed by atoms with Crippen LogP contribution < -0.4 is 19.5 Å². The van der Waals surface area contributed by atoms with Crippen molar-refractivity contribution in [1.29, 1.82) is 0 Å². The molecule has 1 amide bonds. The summed E-state index contributed by atoms with van der Waals surface area (Å²) in [6.07, 6.45) is 2.60. The summed E-state index contributed by atoms with van der Waals surface area (Å²) >= 11 is 0. The van der Waals surface area contributed by atoms with Crippen LogP contribution in [0.25, 0.3) is 11.5 Å². The van der Waals surface area contributed by atoms with E-state index in [0.717, 1.165) is 18.9 Å². The third kappa shape index (κ3) is 6.30. The lowest BCUT2D eigenvalue weighted by Gasteiger charge is -2.12. The first-order chi connectivity index (χ1) is 17.4. The van der Waals surface area contributed by atoms with Gasteiger partial charge in [0.15, 0.2) is 11.5 Å². The van der Waals surface area contributed by atoms with Gasteiger partial charge in [-0.2, -0.15) is 8.78 Å². The Kier molecular flexibility index (Phi) is 8.02. The standard InChI is InChI=1S/C26H27F3N2O5/c1-3-20-19(13-30-24(32)18-9-8-17(27)12-22(18)33-4-2)31-25(35-20)16-7-10-21(36-26(28)29)23(11-16)34-14-15-5-6-15/h7-12,15,26H,3-6,13-14H2,1-2H3,(H,30,32). The van der Waals surface area contributed by atoms with Crippen molar-refractivity contribution < 1.29 is 36.6 Å². The van der Waals surface area contributed by atoms with Crippen molar-refractivity contribution in [2.75, 3.05) is 13.2 Å². The highest BCUT2D eigenvalue weighted by atomic mass is 19.3. The molecule has 0 atom stereocenters. The lowest BCUT2D eigenvalue weighted by Crippen LogP contribution is -2.24. The normalized spacial score (nSPS) is 13.1. The van der Waals surface area contributed by atoms with Gasteiger partial charge in [-0.05, 0) is 56.0 Å². The van der Waals surface area contributed by atoms with Gasteiger partial charge in [0.25, 0.3) is 5.91 Å². The van der Waals surface area contributed by atoms with Gasteiger partial charge in [0.05, 0.1) is 25.3 Å². The van der Waals surface area contributed by atoms with Gasteiger partial charge < -0.3 is 23.9 Å². The number of hydrogen-bond acceptors (Lipinski definition) is 6. The first-order valence-electron chi connectivity index (χ1n) is 11.8. The van der Waals surface area contributed by atoms with Crippen LogP contribution in [0.3, 0.4) is 0 Å². The maximum atomic E-state index is 13.6. The fraction of sp³-hybridized carbons (Fsp3) is 0.385. The Labute approximate surface area is 206 Å². The lowest BCUT2D eigenvalue weighted by molar-refractivity contribution is -0.0515. The summed E-state index contributed by atoms with van der Waals surface area (Å²) in [5.41, 5.74) is 1.23. The summed E-state index contributed by atoms with van der Waals surface area (Å²) in [5.74, 6) is 0.552. The predicted molar refractivity (Wildman–Crippen MR) is 125 cm³/mol. The average Bonchev–Trinajstić information content (AvgIpc) is 3.59. The molecule has 0 bridgehead atoms. The molecule has 0 unspecified atom stereocenters. The van der Waals surface area contributed by atoms with E-state index in [9.17, 15) is 18.0 Å². The maximum absolute atomic E-state index is 13.6. The fourth-order valence-corrected chi connectivity index (χ4v) is 3.58. The van der Waals surface area contributed by atoms with Gasteiger partial charge >= 0.3 is 6.61 Å². The maximum Gasteiger partial charge on any atom is 0.387 e. The minimum atomic E-state index is -2.98. The molecule has 3 aromatic rings. The van der Waals surface area contributed by atoms with Crippen molar-refractivity contribution in [3.8, 4) is 28.7 Å². The highest BCUT2D eigenvalue weighted by Gasteiger charge is 2.24. The quantitative estimate of drug-likeness (QED) is 0.338. The summed E-state index contributed by atoms with van der Waals surface area (Å²) < 4.78 is 60.8. The van der Waals surface area contributed by atoms with Crippen LogP contribution in [0.5, 0.6) is 17.2 Å². The number of hydrogen-bond donors (Lipinski definition) is 1. The zero-order valence-corrected chi connectivity index (χ0v) is 20.0. The van der Waals surface area contributed by atoms with Crippen molar-refractivity contribution >= 4 is 5.91 Å². The molecule has 1 aliphatic rings. The molecule has 1 aromatic heterocycles. The molecule has 1 aliphatic carbocycles. The summed E-state index contributed by atoms with van der Waals surface area (Å²) in [6.45, 7) is 1.40. The number of nitrogens with one attached hydrogen (secondary N) is 1. The van der Waals surface area contributed by atoms with Gasteiger partial charge in [0.2, 0.25) is 5.89 Å². The first kappa shape index (κ1) is 25.4. The van der Waals surface area contributed by atoms with E-state index in [2.05, 4.69) is 15.0 Å². The number of halogens is 3. The Morgan fingerprint density at radius 2 is 1.92 bits per heavy atom. The average molecular weight is 505 g/mol. The van der Waals surface area contributed by atoms with Crippen molar-refractivity contribution in [2.24, 2.45) is 5.92 Å². The molecule has 1 saturated carbocycles. The molecule has 1 heterocycles. The van der Waals surface area contributed by atoms with Crippen molar-refractivity contribution in [3.63, 3.8) is 0 Å². The van der Waals surface area contributed by atoms with Crippen LogP contribution in [0.15, 0.2) is 40.8 Å². The minimum absolute atomic E-state index is 0.0615. The number of nitrogens with zero attached hydrogens (tertiary/aromatic N) is 1. The molecule has 0 saturated heterocycles. The van der Waals surface area contributed by atoms with Crippen LogP contribution in [0.2, 0.25) is 0 Å². The van der Waals surface area contributed by atoms with Crippen LogP contribution in [-0.2, 0) is 13.0 Å². The zero-order valence-electron chi connectivity index (χ0n) is 20.0. The molecule has 4 rings (SSSR count). The number of aryl methyl sites for hydroxylation is 1. The number of ether oxygens (including phenoxy) is 3. The number of benzene rings is 2.